The molecule has 1 aromatic rings. The summed E-state index contributed by atoms with van der Waals surface area (Å²) in [5.41, 5.74) is 2.77. The van der Waals surface area contributed by atoms with Crippen molar-refractivity contribution in [2.75, 3.05) is 0 Å². The van der Waals surface area contributed by atoms with Crippen LogP contribution in [0.25, 0.3) is 0 Å². The van der Waals surface area contributed by atoms with E-state index in [-0.39, 0.29) is 11.8 Å². The molecule has 3 heteroatoms. The maximum atomic E-state index is 11.3. The lowest BCUT2D eigenvalue weighted by Gasteiger charge is -2.01. The molecule has 0 saturated heterocycles. The van der Waals surface area contributed by atoms with Gasteiger partial charge in [0.1, 0.15) is 0 Å². The summed E-state index contributed by atoms with van der Waals surface area (Å²) in [5, 5.41) is 2.29. The predicted octanol–water partition coefficient (Wildman–Crippen LogP) is 4.27. The Labute approximate surface area is 117 Å². The summed E-state index contributed by atoms with van der Waals surface area (Å²) in [6.45, 7) is 15.7. The van der Waals surface area contributed by atoms with Gasteiger partial charge in [-0.2, -0.15) is 0 Å². The third kappa shape index (κ3) is 4.51. The fourth-order valence-corrected chi connectivity index (χ4v) is 1.62. The fraction of sp³-hybridized carbons (Fsp3) is 0.500. The molecule has 0 aliphatic carbocycles. The maximum absolute atomic E-state index is 11.3. The molecule has 19 heavy (non-hydrogen) atoms. The van der Waals surface area contributed by atoms with Crippen LogP contribution in [0.5, 0.6) is 0 Å². The zero-order valence-corrected chi connectivity index (χ0v) is 13.5. The molecular formula is C16H27NO2. The largest absolute Gasteiger partial charge is 0.288 e. The third-order valence-corrected chi connectivity index (χ3v) is 2.30. The van der Waals surface area contributed by atoms with Crippen molar-refractivity contribution in [2.24, 2.45) is 0 Å². The first kappa shape index (κ1) is 19.7. The Morgan fingerprint density at radius 1 is 0.684 bits per heavy atom. The normalized spacial score (nSPS) is 10.7. The Kier molecular flexibility index (Phi) is 10.7. The van der Waals surface area contributed by atoms with E-state index in [1.54, 1.807) is 0 Å². The van der Waals surface area contributed by atoms with Gasteiger partial charge in [0.05, 0.1) is 11.1 Å². The highest BCUT2D eigenvalue weighted by Crippen LogP contribution is 2.22. The molecule has 0 aromatic heterocycles. The molecule has 0 fully saturated rings. The maximum Gasteiger partial charge on any atom is 0.259 e. The summed E-state index contributed by atoms with van der Waals surface area (Å²) in [7, 11) is 0. The quantitative estimate of drug-likeness (QED) is 0.712. The van der Waals surface area contributed by atoms with E-state index in [9.17, 15) is 9.59 Å². The Bertz CT molecular complexity index is 384. The zero-order valence-electron chi connectivity index (χ0n) is 13.5. The van der Waals surface area contributed by atoms with Gasteiger partial charge in [-0.3, -0.25) is 14.9 Å². The van der Waals surface area contributed by atoms with Crippen LogP contribution in [0.4, 0.5) is 0 Å². The first-order chi connectivity index (χ1) is 9.11. The molecular weight excluding hydrogens is 238 g/mol. The Morgan fingerprint density at radius 2 is 0.947 bits per heavy atom. The number of rotatable bonds is 0. The van der Waals surface area contributed by atoms with Crippen LogP contribution in [0.15, 0.2) is 12.1 Å². The van der Waals surface area contributed by atoms with Crippen molar-refractivity contribution in [3.63, 3.8) is 0 Å². The van der Waals surface area contributed by atoms with E-state index in [0.717, 1.165) is 11.1 Å². The summed E-state index contributed by atoms with van der Waals surface area (Å²) in [6, 6.07) is 3.71. The lowest BCUT2D eigenvalue weighted by Crippen LogP contribution is -2.20. The van der Waals surface area contributed by atoms with Gasteiger partial charge in [0.25, 0.3) is 11.8 Å². The van der Waals surface area contributed by atoms with Crippen molar-refractivity contribution >= 4 is 11.8 Å². The molecule has 1 heterocycles. The summed E-state index contributed by atoms with van der Waals surface area (Å²) in [6.07, 6.45) is 0. The lowest BCUT2D eigenvalue weighted by atomic mass is 9.99. The molecule has 1 aromatic carbocycles. The molecule has 0 atom stereocenters. The van der Waals surface area contributed by atoms with Crippen molar-refractivity contribution in [2.45, 2.75) is 55.4 Å². The second-order valence-electron chi connectivity index (χ2n) is 3.23. The van der Waals surface area contributed by atoms with Crippen LogP contribution in [0.3, 0.4) is 0 Å². The number of nitrogens with one attached hydrogen (secondary N) is 1. The van der Waals surface area contributed by atoms with E-state index < -0.39 is 0 Å². The summed E-state index contributed by atoms with van der Waals surface area (Å²) in [5.74, 6) is -0.553. The fourth-order valence-electron chi connectivity index (χ4n) is 1.62. The van der Waals surface area contributed by atoms with Crippen molar-refractivity contribution in [3.05, 3.63) is 34.4 Å². The Hall–Kier alpha value is -1.64. The molecule has 1 aliphatic heterocycles. The molecule has 1 aliphatic rings. The number of fused-ring (bicyclic) bond motifs is 1. The van der Waals surface area contributed by atoms with E-state index in [1.165, 1.54) is 0 Å². The number of imide groups is 1. The first-order valence-electron chi connectivity index (χ1n) is 7.07. The van der Waals surface area contributed by atoms with Gasteiger partial charge in [0, 0.05) is 0 Å². The van der Waals surface area contributed by atoms with Gasteiger partial charge in [-0.1, -0.05) is 53.7 Å². The SMILES string of the molecule is CC.CC.CC.Cc1ccc(C)c2c1C(=O)NC2=O. The minimum Gasteiger partial charge on any atom is -0.288 e. The van der Waals surface area contributed by atoms with Gasteiger partial charge in [-0.25, -0.2) is 0 Å². The van der Waals surface area contributed by atoms with Gasteiger partial charge >= 0.3 is 0 Å². The average Bonchev–Trinajstić information content (AvgIpc) is 2.77. The zero-order chi connectivity index (χ0) is 15.6. The predicted molar refractivity (Wildman–Crippen MR) is 81.8 cm³/mol. The topological polar surface area (TPSA) is 46.2 Å². The number of amides is 2. The van der Waals surface area contributed by atoms with E-state index in [4.69, 9.17) is 0 Å². The second kappa shape index (κ2) is 10.3. The van der Waals surface area contributed by atoms with E-state index in [2.05, 4.69) is 5.32 Å². The molecule has 2 amide bonds. The highest BCUT2D eigenvalue weighted by Gasteiger charge is 2.29. The van der Waals surface area contributed by atoms with E-state index in [0.29, 0.717) is 11.1 Å². The average molecular weight is 265 g/mol. The Balaban J connectivity index is 0. The Morgan fingerprint density at radius 3 is 1.21 bits per heavy atom. The van der Waals surface area contributed by atoms with Crippen LogP contribution in [-0.4, -0.2) is 11.8 Å². The smallest absolute Gasteiger partial charge is 0.259 e. The summed E-state index contributed by atoms with van der Waals surface area (Å²) >= 11 is 0. The van der Waals surface area contributed by atoms with Crippen LogP contribution >= 0.6 is 0 Å². The van der Waals surface area contributed by atoms with Crippen molar-refractivity contribution in [1.29, 1.82) is 0 Å². The molecule has 0 unspecified atom stereocenters. The van der Waals surface area contributed by atoms with Crippen LogP contribution in [0.1, 0.15) is 73.4 Å². The number of hydrogen-bond donors (Lipinski definition) is 1. The highest BCUT2D eigenvalue weighted by atomic mass is 16.2. The molecule has 0 bridgehead atoms. The highest BCUT2D eigenvalue weighted by molar-refractivity contribution is 6.22. The molecule has 1 N–H and O–H groups in total. The van der Waals surface area contributed by atoms with E-state index >= 15 is 0 Å². The standard InChI is InChI=1S/C10H9NO2.3C2H6/c1-5-3-4-6(2)8-7(5)9(12)11-10(8)13;3*1-2/h3-4H,1-2H3,(H,11,12,13);3*1-2H3. The number of aryl methyl sites for hydroxylation is 2. The molecule has 2 rings (SSSR count). The number of hydrogen-bond acceptors (Lipinski definition) is 2. The van der Waals surface area contributed by atoms with Crippen LogP contribution in [0, 0.1) is 13.8 Å². The molecule has 0 spiro atoms. The molecule has 0 saturated carbocycles. The van der Waals surface area contributed by atoms with Gasteiger partial charge in [0.15, 0.2) is 0 Å². The van der Waals surface area contributed by atoms with Crippen molar-refractivity contribution < 1.29 is 9.59 Å². The summed E-state index contributed by atoms with van der Waals surface area (Å²) in [4.78, 5) is 22.6. The number of carbonyl (C=O) groups excluding carboxylic acids is 2. The minimum absolute atomic E-state index is 0.277. The van der Waals surface area contributed by atoms with Gasteiger partial charge < -0.3 is 0 Å². The number of benzene rings is 1. The number of carbonyl (C=O) groups is 2. The van der Waals surface area contributed by atoms with Gasteiger partial charge in [-0.05, 0) is 25.0 Å². The van der Waals surface area contributed by atoms with Crippen LogP contribution in [0.2, 0.25) is 0 Å². The van der Waals surface area contributed by atoms with Gasteiger partial charge in [0.2, 0.25) is 0 Å². The monoisotopic (exact) mass is 265 g/mol. The molecule has 0 radical (unpaired) electrons. The minimum atomic E-state index is -0.277. The first-order valence-corrected chi connectivity index (χ1v) is 7.07. The van der Waals surface area contributed by atoms with Crippen molar-refractivity contribution in [3.8, 4) is 0 Å². The molecule has 108 valence electrons. The van der Waals surface area contributed by atoms with Crippen LogP contribution < -0.4 is 5.32 Å². The van der Waals surface area contributed by atoms with E-state index in [1.807, 2.05) is 67.5 Å². The van der Waals surface area contributed by atoms with Crippen LogP contribution in [-0.2, 0) is 0 Å². The van der Waals surface area contributed by atoms with Crippen molar-refractivity contribution in [1.82, 2.24) is 5.32 Å². The lowest BCUT2D eigenvalue weighted by molar-refractivity contribution is 0.0879. The third-order valence-electron chi connectivity index (χ3n) is 2.30. The van der Waals surface area contributed by atoms with Gasteiger partial charge in [-0.15, -0.1) is 0 Å². The molecule has 3 nitrogen and oxygen atoms in total. The summed E-state index contributed by atoms with van der Waals surface area (Å²) < 4.78 is 0. The second-order valence-corrected chi connectivity index (χ2v) is 3.23.